The normalized spacial score (nSPS) is 18.6. The number of carbonyl (C=O) groups is 1. The van der Waals surface area contributed by atoms with Crippen LogP contribution >= 0.6 is 0 Å². The monoisotopic (exact) mass is 297 g/mol. The molecule has 1 aliphatic rings. The SMILES string of the molecule is Cc1ccc(NC(=O)CN2CCS(=O)(=O)CC2)c(N)c1. The smallest absolute Gasteiger partial charge is 0.238 e. The van der Waals surface area contributed by atoms with Gasteiger partial charge in [0.15, 0.2) is 9.84 Å². The molecule has 1 aliphatic heterocycles. The molecule has 0 spiro atoms. The molecule has 1 fully saturated rings. The van der Waals surface area contributed by atoms with Gasteiger partial charge < -0.3 is 11.1 Å². The van der Waals surface area contributed by atoms with Crippen LogP contribution in [0.2, 0.25) is 0 Å². The van der Waals surface area contributed by atoms with Gasteiger partial charge in [-0.1, -0.05) is 6.07 Å². The van der Waals surface area contributed by atoms with Crippen molar-refractivity contribution in [3.63, 3.8) is 0 Å². The highest BCUT2D eigenvalue weighted by Crippen LogP contribution is 2.19. The molecule has 1 aromatic carbocycles. The van der Waals surface area contributed by atoms with E-state index in [1.807, 2.05) is 17.9 Å². The second-order valence-corrected chi connectivity index (χ2v) is 7.37. The molecule has 1 saturated heterocycles. The van der Waals surface area contributed by atoms with Gasteiger partial charge in [-0.25, -0.2) is 8.42 Å². The molecule has 1 heterocycles. The van der Waals surface area contributed by atoms with E-state index in [1.165, 1.54) is 0 Å². The Morgan fingerprint density at radius 1 is 1.35 bits per heavy atom. The topological polar surface area (TPSA) is 92.5 Å². The molecule has 0 unspecified atom stereocenters. The molecule has 1 aromatic rings. The first-order valence-electron chi connectivity index (χ1n) is 6.44. The van der Waals surface area contributed by atoms with Gasteiger partial charge in [-0.15, -0.1) is 0 Å². The minimum Gasteiger partial charge on any atom is -0.397 e. The molecule has 20 heavy (non-hydrogen) atoms. The number of sulfone groups is 1. The van der Waals surface area contributed by atoms with Crippen molar-refractivity contribution in [3.05, 3.63) is 23.8 Å². The number of hydrogen-bond acceptors (Lipinski definition) is 5. The van der Waals surface area contributed by atoms with Crippen molar-refractivity contribution < 1.29 is 13.2 Å². The third kappa shape index (κ3) is 3.94. The van der Waals surface area contributed by atoms with Crippen LogP contribution < -0.4 is 11.1 Å². The molecule has 6 nitrogen and oxygen atoms in total. The Morgan fingerprint density at radius 3 is 2.60 bits per heavy atom. The van der Waals surface area contributed by atoms with Crippen LogP contribution in [-0.2, 0) is 14.6 Å². The maximum atomic E-state index is 11.9. The lowest BCUT2D eigenvalue weighted by Crippen LogP contribution is -2.43. The van der Waals surface area contributed by atoms with Gasteiger partial charge in [-0.2, -0.15) is 0 Å². The quantitative estimate of drug-likeness (QED) is 0.780. The van der Waals surface area contributed by atoms with Crippen molar-refractivity contribution in [1.82, 2.24) is 4.90 Å². The lowest BCUT2D eigenvalue weighted by atomic mass is 10.2. The van der Waals surface area contributed by atoms with E-state index in [2.05, 4.69) is 5.32 Å². The van der Waals surface area contributed by atoms with Crippen LogP contribution in [0.25, 0.3) is 0 Å². The number of hydrogen-bond donors (Lipinski definition) is 2. The summed E-state index contributed by atoms with van der Waals surface area (Å²) < 4.78 is 22.6. The molecule has 0 bridgehead atoms. The van der Waals surface area contributed by atoms with Gasteiger partial charge in [0.1, 0.15) is 0 Å². The van der Waals surface area contributed by atoms with Crippen molar-refractivity contribution in [2.45, 2.75) is 6.92 Å². The van der Waals surface area contributed by atoms with E-state index < -0.39 is 9.84 Å². The molecule has 0 atom stereocenters. The Labute approximate surface area is 118 Å². The maximum absolute atomic E-state index is 11.9. The zero-order valence-corrected chi connectivity index (χ0v) is 12.2. The van der Waals surface area contributed by atoms with Gasteiger partial charge in [-0.3, -0.25) is 9.69 Å². The van der Waals surface area contributed by atoms with Crippen molar-refractivity contribution in [2.75, 3.05) is 42.2 Å². The molecular weight excluding hydrogens is 278 g/mol. The number of carbonyl (C=O) groups excluding carboxylic acids is 1. The lowest BCUT2D eigenvalue weighted by Gasteiger charge is -2.25. The third-order valence-corrected chi connectivity index (χ3v) is 4.89. The number of nitrogens with zero attached hydrogens (tertiary/aromatic N) is 1. The third-order valence-electron chi connectivity index (χ3n) is 3.29. The molecule has 3 N–H and O–H groups in total. The number of amides is 1. The zero-order valence-electron chi connectivity index (χ0n) is 11.4. The van der Waals surface area contributed by atoms with Gasteiger partial charge in [0, 0.05) is 13.1 Å². The minimum absolute atomic E-state index is 0.118. The van der Waals surface area contributed by atoms with E-state index in [4.69, 9.17) is 5.73 Å². The number of benzene rings is 1. The van der Waals surface area contributed by atoms with Gasteiger partial charge in [0.2, 0.25) is 5.91 Å². The van der Waals surface area contributed by atoms with E-state index in [0.717, 1.165) is 5.56 Å². The van der Waals surface area contributed by atoms with Gasteiger partial charge in [0.05, 0.1) is 29.4 Å². The summed E-state index contributed by atoms with van der Waals surface area (Å²) in [5, 5.41) is 2.75. The molecule has 110 valence electrons. The Morgan fingerprint density at radius 2 is 2.00 bits per heavy atom. The molecule has 0 aromatic heterocycles. The largest absolute Gasteiger partial charge is 0.397 e. The second-order valence-electron chi connectivity index (χ2n) is 5.07. The van der Waals surface area contributed by atoms with E-state index in [0.29, 0.717) is 24.5 Å². The van der Waals surface area contributed by atoms with Crippen molar-refractivity contribution in [1.29, 1.82) is 0 Å². The van der Waals surface area contributed by atoms with E-state index in [-0.39, 0.29) is 24.0 Å². The first-order chi connectivity index (χ1) is 9.35. The summed E-state index contributed by atoms with van der Waals surface area (Å²) >= 11 is 0. The summed E-state index contributed by atoms with van der Waals surface area (Å²) in [6.07, 6.45) is 0. The number of nitrogens with two attached hydrogens (primary N) is 1. The number of aryl methyl sites for hydroxylation is 1. The highest BCUT2D eigenvalue weighted by atomic mass is 32.2. The number of rotatable bonds is 3. The summed E-state index contributed by atoms with van der Waals surface area (Å²) in [5.41, 5.74) is 7.98. The average molecular weight is 297 g/mol. The molecule has 1 amide bonds. The predicted molar refractivity (Wildman–Crippen MR) is 79.3 cm³/mol. The number of nitrogen functional groups attached to an aromatic ring is 1. The van der Waals surface area contributed by atoms with E-state index >= 15 is 0 Å². The fraction of sp³-hybridized carbons (Fsp3) is 0.462. The van der Waals surface area contributed by atoms with Crippen molar-refractivity contribution >= 4 is 27.1 Å². The van der Waals surface area contributed by atoms with E-state index in [1.54, 1.807) is 12.1 Å². The van der Waals surface area contributed by atoms with Crippen LogP contribution in [0.15, 0.2) is 18.2 Å². The average Bonchev–Trinajstić information content (AvgIpc) is 2.35. The first-order valence-corrected chi connectivity index (χ1v) is 8.27. The molecular formula is C13H19N3O3S. The molecule has 2 rings (SSSR count). The fourth-order valence-corrected chi connectivity index (χ4v) is 3.37. The van der Waals surface area contributed by atoms with Gasteiger partial charge >= 0.3 is 0 Å². The summed E-state index contributed by atoms with van der Waals surface area (Å²) in [6.45, 7) is 2.91. The Hall–Kier alpha value is -1.60. The van der Waals surface area contributed by atoms with Crippen LogP contribution in [-0.4, -0.2) is 50.4 Å². The lowest BCUT2D eigenvalue weighted by molar-refractivity contribution is -0.117. The van der Waals surface area contributed by atoms with Crippen LogP contribution in [0.4, 0.5) is 11.4 Å². The van der Waals surface area contributed by atoms with Crippen LogP contribution in [0, 0.1) is 6.92 Å². The summed E-state index contributed by atoms with van der Waals surface area (Å²) in [6, 6.07) is 5.44. The Bertz CT molecular complexity index is 599. The van der Waals surface area contributed by atoms with Gasteiger partial charge in [-0.05, 0) is 24.6 Å². The summed E-state index contributed by atoms with van der Waals surface area (Å²) in [4.78, 5) is 13.8. The standard InChI is InChI=1S/C13H19N3O3S/c1-10-2-3-12(11(14)8-10)15-13(17)9-16-4-6-20(18,19)7-5-16/h2-3,8H,4-7,9,14H2,1H3,(H,15,17). The second kappa shape index (κ2) is 5.80. The Kier molecular flexibility index (Phi) is 4.29. The molecule has 0 radical (unpaired) electrons. The maximum Gasteiger partial charge on any atom is 0.238 e. The van der Waals surface area contributed by atoms with Crippen LogP contribution in [0.1, 0.15) is 5.56 Å². The zero-order chi connectivity index (χ0) is 14.8. The predicted octanol–water partition coefficient (Wildman–Crippen LogP) is 0.246. The molecule has 0 saturated carbocycles. The highest BCUT2D eigenvalue weighted by Gasteiger charge is 2.23. The number of nitrogens with one attached hydrogen (secondary N) is 1. The fourth-order valence-electron chi connectivity index (χ4n) is 2.10. The number of anilines is 2. The minimum atomic E-state index is -2.92. The summed E-state index contributed by atoms with van der Waals surface area (Å²) in [5.74, 6) is 0.0553. The first kappa shape index (κ1) is 14.8. The molecule has 0 aliphatic carbocycles. The van der Waals surface area contributed by atoms with Crippen LogP contribution in [0.5, 0.6) is 0 Å². The van der Waals surface area contributed by atoms with Gasteiger partial charge in [0.25, 0.3) is 0 Å². The Balaban J connectivity index is 1.90. The van der Waals surface area contributed by atoms with E-state index in [9.17, 15) is 13.2 Å². The van der Waals surface area contributed by atoms with Crippen molar-refractivity contribution in [3.8, 4) is 0 Å². The van der Waals surface area contributed by atoms with Crippen molar-refractivity contribution in [2.24, 2.45) is 0 Å². The highest BCUT2D eigenvalue weighted by molar-refractivity contribution is 7.91. The molecule has 7 heteroatoms. The van der Waals surface area contributed by atoms with Crippen LogP contribution in [0.3, 0.4) is 0 Å². The summed E-state index contributed by atoms with van der Waals surface area (Å²) in [7, 11) is -2.92.